The van der Waals surface area contributed by atoms with E-state index >= 15 is 0 Å². The minimum Gasteiger partial charge on any atom is -0.441 e. The van der Waals surface area contributed by atoms with Crippen molar-refractivity contribution in [3.8, 4) is 11.3 Å². The van der Waals surface area contributed by atoms with Gasteiger partial charge in [-0.25, -0.2) is 4.98 Å². The third kappa shape index (κ3) is 4.43. The molecule has 1 aromatic carbocycles. The summed E-state index contributed by atoms with van der Waals surface area (Å²) in [6, 6.07) is 7.93. The molecule has 0 bridgehead atoms. The van der Waals surface area contributed by atoms with Gasteiger partial charge < -0.3 is 9.32 Å². The topological polar surface area (TPSA) is 46.3 Å². The minimum absolute atomic E-state index is 0.201. The summed E-state index contributed by atoms with van der Waals surface area (Å²) in [6.07, 6.45) is 8.66. The molecule has 3 rings (SSSR count). The molecular formula is C20H25ClN2O2. The van der Waals surface area contributed by atoms with Crippen LogP contribution >= 0.6 is 11.6 Å². The lowest BCUT2D eigenvalue weighted by atomic mass is 9.94. The Morgan fingerprint density at radius 2 is 2.04 bits per heavy atom. The summed E-state index contributed by atoms with van der Waals surface area (Å²) in [5, 5.41) is 0.635. The molecule has 1 amide bonds. The number of amides is 1. The van der Waals surface area contributed by atoms with E-state index in [0.717, 1.165) is 24.9 Å². The van der Waals surface area contributed by atoms with Crippen LogP contribution in [0.2, 0.25) is 5.02 Å². The fourth-order valence-corrected chi connectivity index (χ4v) is 3.83. The molecule has 1 aromatic heterocycles. The number of carbonyl (C=O) groups excluding carboxylic acids is 1. The lowest BCUT2D eigenvalue weighted by Crippen LogP contribution is -2.41. The van der Waals surface area contributed by atoms with Crippen LogP contribution in [0.3, 0.4) is 0 Å². The second-order valence-corrected chi connectivity index (χ2v) is 6.98. The number of oxazole rings is 1. The van der Waals surface area contributed by atoms with E-state index < -0.39 is 0 Å². The quantitative estimate of drug-likeness (QED) is 0.719. The zero-order chi connectivity index (χ0) is 17.6. The first-order chi connectivity index (χ1) is 12.2. The zero-order valence-electron chi connectivity index (χ0n) is 14.7. The summed E-state index contributed by atoms with van der Waals surface area (Å²) in [4.78, 5) is 19.0. The van der Waals surface area contributed by atoms with Crippen molar-refractivity contribution >= 4 is 17.5 Å². The first kappa shape index (κ1) is 18.0. The van der Waals surface area contributed by atoms with E-state index in [4.69, 9.17) is 16.0 Å². The van der Waals surface area contributed by atoms with Gasteiger partial charge in [-0.05, 0) is 31.9 Å². The van der Waals surface area contributed by atoms with Crippen molar-refractivity contribution in [3.63, 3.8) is 0 Å². The predicted molar refractivity (Wildman–Crippen MR) is 99.5 cm³/mol. The highest BCUT2D eigenvalue weighted by atomic mass is 35.5. The molecule has 25 heavy (non-hydrogen) atoms. The molecule has 1 heterocycles. The lowest BCUT2D eigenvalue weighted by molar-refractivity contribution is -0.134. The van der Waals surface area contributed by atoms with Crippen molar-refractivity contribution in [3.05, 3.63) is 41.4 Å². The smallest absolute Gasteiger partial charge is 0.223 e. The fourth-order valence-electron chi connectivity index (χ4n) is 3.60. The maximum atomic E-state index is 12.6. The highest BCUT2D eigenvalue weighted by Gasteiger charge is 2.24. The number of hydrogen-bond donors (Lipinski definition) is 0. The molecule has 0 saturated heterocycles. The maximum absolute atomic E-state index is 12.6. The molecule has 1 fully saturated rings. The van der Waals surface area contributed by atoms with Crippen LogP contribution in [0.1, 0.15) is 51.3 Å². The molecule has 1 aliphatic carbocycles. The number of halogens is 1. The summed E-state index contributed by atoms with van der Waals surface area (Å²) >= 11 is 6.19. The Kier molecular flexibility index (Phi) is 6.14. The van der Waals surface area contributed by atoms with Crippen LogP contribution in [0.5, 0.6) is 0 Å². The third-order valence-corrected chi connectivity index (χ3v) is 5.25. The summed E-state index contributed by atoms with van der Waals surface area (Å²) in [5.74, 6) is 1.43. The van der Waals surface area contributed by atoms with E-state index in [1.165, 1.54) is 19.3 Å². The van der Waals surface area contributed by atoms with Crippen molar-refractivity contribution in [2.75, 3.05) is 6.54 Å². The number of aryl methyl sites for hydroxylation is 1. The van der Waals surface area contributed by atoms with Gasteiger partial charge in [0.2, 0.25) is 5.91 Å². The third-order valence-electron chi connectivity index (χ3n) is 4.92. The highest BCUT2D eigenvalue weighted by molar-refractivity contribution is 6.33. The minimum atomic E-state index is 0.201. The molecule has 134 valence electrons. The number of nitrogens with zero attached hydrogens (tertiary/aromatic N) is 2. The summed E-state index contributed by atoms with van der Waals surface area (Å²) in [7, 11) is 0. The molecule has 0 spiro atoms. The predicted octanol–water partition coefficient (Wildman–Crippen LogP) is 5.11. The van der Waals surface area contributed by atoms with Gasteiger partial charge in [0.05, 0.1) is 11.2 Å². The van der Waals surface area contributed by atoms with Gasteiger partial charge in [-0.1, -0.05) is 43.0 Å². The molecule has 0 aliphatic heterocycles. The van der Waals surface area contributed by atoms with Gasteiger partial charge in [0.1, 0.15) is 0 Å². The summed E-state index contributed by atoms with van der Waals surface area (Å²) in [6.45, 7) is 2.84. The Labute approximate surface area is 154 Å². The van der Waals surface area contributed by atoms with E-state index in [2.05, 4.69) is 11.9 Å². The molecule has 4 nitrogen and oxygen atoms in total. The molecule has 1 aliphatic rings. The average Bonchev–Trinajstić information content (AvgIpc) is 3.11. The molecule has 5 heteroatoms. The molecule has 1 saturated carbocycles. The Balaban J connectivity index is 1.59. The maximum Gasteiger partial charge on any atom is 0.223 e. The monoisotopic (exact) mass is 360 g/mol. The number of rotatable bonds is 6. The average molecular weight is 361 g/mol. The van der Waals surface area contributed by atoms with Gasteiger partial charge in [-0.3, -0.25) is 4.79 Å². The van der Waals surface area contributed by atoms with Crippen LogP contribution in [0.15, 0.2) is 34.9 Å². The van der Waals surface area contributed by atoms with Crippen LogP contribution in [0, 0.1) is 0 Å². The van der Waals surface area contributed by atoms with Gasteiger partial charge in [0.15, 0.2) is 11.7 Å². The van der Waals surface area contributed by atoms with Crippen molar-refractivity contribution in [1.29, 1.82) is 0 Å². The Bertz CT molecular complexity index is 707. The van der Waals surface area contributed by atoms with Gasteiger partial charge in [-0.2, -0.15) is 0 Å². The van der Waals surface area contributed by atoms with E-state index in [1.54, 1.807) is 6.20 Å². The number of aromatic nitrogens is 1. The van der Waals surface area contributed by atoms with E-state index in [-0.39, 0.29) is 5.91 Å². The molecular weight excluding hydrogens is 336 g/mol. The van der Waals surface area contributed by atoms with Gasteiger partial charge >= 0.3 is 0 Å². The Hall–Kier alpha value is -1.81. The SMILES string of the molecule is CCN(C(=O)CCc1ncc(-c2ccccc2Cl)o1)C1CCCCC1. The van der Waals surface area contributed by atoms with Crippen molar-refractivity contribution in [2.45, 2.75) is 57.9 Å². The first-order valence-electron chi connectivity index (χ1n) is 9.18. The molecule has 0 N–H and O–H groups in total. The van der Waals surface area contributed by atoms with Crippen molar-refractivity contribution in [1.82, 2.24) is 9.88 Å². The molecule has 0 radical (unpaired) electrons. The Morgan fingerprint density at radius 1 is 1.28 bits per heavy atom. The van der Waals surface area contributed by atoms with Crippen LogP contribution in [-0.2, 0) is 11.2 Å². The van der Waals surface area contributed by atoms with Crippen molar-refractivity contribution < 1.29 is 9.21 Å². The summed E-state index contributed by atoms with van der Waals surface area (Å²) < 4.78 is 5.79. The Morgan fingerprint density at radius 3 is 2.76 bits per heavy atom. The number of benzene rings is 1. The standard InChI is InChI=1S/C20H25ClN2O2/c1-2-23(15-8-4-3-5-9-15)20(24)13-12-19-22-14-18(25-19)16-10-6-7-11-17(16)21/h6-7,10-11,14-15H,2-5,8-9,12-13H2,1H3. The normalized spacial score (nSPS) is 15.3. The van der Waals surface area contributed by atoms with Gasteiger partial charge in [0, 0.05) is 31.0 Å². The largest absolute Gasteiger partial charge is 0.441 e. The highest BCUT2D eigenvalue weighted by Crippen LogP contribution is 2.28. The second kappa shape index (κ2) is 8.52. The van der Waals surface area contributed by atoms with Crippen LogP contribution in [-0.4, -0.2) is 28.4 Å². The van der Waals surface area contributed by atoms with Crippen LogP contribution < -0.4 is 0 Å². The number of hydrogen-bond acceptors (Lipinski definition) is 3. The first-order valence-corrected chi connectivity index (χ1v) is 9.56. The number of carbonyl (C=O) groups is 1. The van der Waals surface area contributed by atoms with Crippen LogP contribution in [0.4, 0.5) is 0 Å². The van der Waals surface area contributed by atoms with Gasteiger partial charge in [0.25, 0.3) is 0 Å². The molecule has 0 atom stereocenters. The van der Waals surface area contributed by atoms with E-state index in [9.17, 15) is 4.79 Å². The van der Waals surface area contributed by atoms with E-state index in [0.29, 0.717) is 35.6 Å². The summed E-state index contributed by atoms with van der Waals surface area (Å²) in [5.41, 5.74) is 0.826. The van der Waals surface area contributed by atoms with Gasteiger partial charge in [-0.15, -0.1) is 0 Å². The van der Waals surface area contributed by atoms with Crippen molar-refractivity contribution in [2.24, 2.45) is 0 Å². The molecule has 0 unspecified atom stereocenters. The second-order valence-electron chi connectivity index (χ2n) is 6.57. The fraction of sp³-hybridized carbons (Fsp3) is 0.500. The lowest BCUT2D eigenvalue weighted by Gasteiger charge is -2.33. The van der Waals surface area contributed by atoms with E-state index in [1.807, 2.05) is 29.2 Å². The zero-order valence-corrected chi connectivity index (χ0v) is 15.5. The van der Waals surface area contributed by atoms with Crippen LogP contribution in [0.25, 0.3) is 11.3 Å². The molecule has 2 aromatic rings.